The van der Waals surface area contributed by atoms with Crippen LogP contribution in [0.25, 0.3) is 0 Å². The van der Waals surface area contributed by atoms with Gasteiger partial charge in [-0.05, 0) is 15.9 Å². The van der Waals surface area contributed by atoms with Crippen LogP contribution in [0.4, 0.5) is 5.82 Å². The molecule has 0 aliphatic carbocycles. The van der Waals surface area contributed by atoms with Crippen LogP contribution in [0.5, 0.6) is 0 Å². The van der Waals surface area contributed by atoms with Gasteiger partial charge >= 0.3 is 0 Å². The predicted octanol–water partition coefficient (Wildman–Crippen LogP) is 2.97. The second-order valence-electron chi connectivity index (χ2n) is 2.72. The summed E-state index contributed by atoms with van der Waals surface area (Å²) in [5.41, 5.74) is 0. The fraction of sp³-hybridized carbons (Fsp3) is 0.333. The van der Waals surface area contributed by atoms with Gasteiger partial charge in [0.2, 0.25) is 0 Å². The Morgan fingerprint density at radius 2 is 2.36 bits per heavy atom. The zero-order chi connectivity index (χ0) is 10.6. The molecular weight excluding hydrogens is 265 g/mol. The average molecular weight is 277 g/mol. The summed E-state index contributed by atoms with van der Waals surface area (Å²) in [6.07, 6.45) is 0.802. The first-order valence-corrected chi connectivity index (χ1v) is 5.39. The van der Waals surface area contributed by atoms with Crippen molar-refractivity contribution in [2.75, 3.05) is 11.9 Å². The molecule has 0 radical (unpaired) electrons. The maximum atomic E-state index is 5.63. The number of hydrogen-bond donors (Lipinski definition) is 1. The molecule has 0 spiro atoms. The van der Waals surface area contributed by atoms with Crippen molar-refractivity contribution in [3.05, 3.63) is 28.1 Å². The van der Waals surface area contributed by atoms with Crippen molar-refractivity contribution in [1.29, 1.82) is 0 Å². The Bertz CT molecular complexity index is 341. The molecule has 0 amide bonds. The van der Waals surface area contributed by atoms with Crippen LogP contribution in [0, 0.1) is 0 Å². The summed E-state index contributed by atoms with van der Waals surface area (Å²) < 4.78 is 0.770. The van der Waals surface area contributed by atoms with Crippen LogP contribution in [0.1, 0.15) is 12.7 Å². The predicted molar refractivity (Wildman–Crippen MR) is 62.6 cm³/mol. The van der Waals surface area contributed by atoms with Crippen molar-refractivity contribution in [2.45, 2.75) is 13.3 Å². The summed E-state index contributed by atoms with van der Waals surface area (Å²) in [5.74, 6) is 1.55. The molecule has 0 saturated carbocycles. The maximum Gasteiger partial charge on any atom is 0.131 e. The standard InChI is InChI=1S/C9H11BrClN3/c1-3-8-13-7(10)4-9(14-8)12-5-6(2)11/h4H,2-3,5H2,1H3,(H,12,13,14). The van der Waals surface area contributed by atoms with Crippen LogP contribution in [0.2, 0.25) is 0 Å². The largest absolute Gasteiger partial charge is 0.365 e. The van der Waals surface area contributed by atoms with Crippen LogP contribution in [0.15, 0.2) is 22.3 Å². The smallest absolute Gasteiger partial charge is 0.131 e. The topological polar surface area (TPSA) is 37.8 Å². The molecule has 76 valence electrons. The second-order valence-corrected chi connectivity index (χ2v) is 4.06. The molecule has 1 heterocycles. The Kier molecular flexibility index (Phi) is 4.35. The third kappa shape index (κ3) is 3.64. The van der Waals surface area contributed by atoms with E-state index in [9.17, 15) is 0 Å². The molecule has 0 aromatic carbocycles. The summed E-state index contributed by atoms with van der Waals surface area (Å²) in [4.78, 5) is 8.46. The van der Waals surface area contributed by atoms with E-state index in [0.717, 1.165) is 22.7 Å². The van der Waals surface area contributed by atoms with Crippen molar-refractivity contribution < 1.29 is 0 Å². The Hall–Kier alpha value is -0.610. The minimum Gasteiger partial charge on any atom is -0.365 e. The molecule has 5 heteroatoms. The van der Waals surface area contributed by atoms with Gasteiger partial charge in [0.25, 0.3) is 0 Å². The number of hydrogen-bond acceptors (Lipinski definition) is 3. The molecular formula is C9H11BrClN3. The lowest BCUT2D eigenvalue weighted by molar-refractivity contribution is 0.927. The van der Waals surface area contributed by atoms with Gasteiger partial charge in [0.15, 0.2) is 0 Å². The summed E-state index contributed by atoms with van der Waals surface area (Å²) in [5, 5.41) is 3.60. The number of anilines is 1. The van der Waals surface area contributed by atoms with Gasteiger partial charge in [-0.25, -0.2) is 9.97 Å². The van der Waals surface area contributed by atoms with Gasteiger partial charge in [-0.3, -0.25) is 0 Å². The first kappa shape index (κ1) is 11.5. The number of aromatic nitrogens is 2. The van der Waals surface area contributed by atoms with Crippen molar-refractivity contribution in [2.24, 2.45) is 0 Å². The first-order chi connectivity index (χ1) is 6.61. The molecule has 1 N–H and O–H groups in total. The lowest BCUT2D eigenvalue weighted by atomic mass is 10.4. The molecule has 0 atom stereocenters. The highest BCUT2D eigenvalue weighted by Gasteiger charge is 2.00. The van der Waals surface area contributed by atoms with E-state index in [2.05, 4.69) is 37.8 Å². The number of halogens is 2. The van der Waals surface area contributed by atoms with Crippen LogP contribution < -0.4 is 5.32 Å². The van der Waals surface area contributed by atoms with Gasteiger partial charge in [-0.1, -0.05) is 25.1 Å². The summed E-state index contributed by atoms with van der Waals surface area (Å²) in [6.45, 7) is 6.10. The van der Waals surface area contributed by atoms with E-state index in [-0.39, 0.29) is 0 Å². The van der Waals surface area contributed by atoms with Gasteiger partial charge in [0, 0.05) is 17.5 Å². The Morgan fingerprint density at radius 1 is 1.64 bits per heavy atom. The third-order valence-electron chi connectivity index (χ3n) is 1.52. The van der Waals surface area contributed by atoms with Crippen molar-refractivity contribution in [1.82, 2.24) is 9.97 Å². The minimum atomic E-state index is 0.508. The zero-order valence-corrected chi connectivity index (χ0v) is 10.2. The lowest BCUT2D eigenvalue weighted by Crippen LogP contribution is -2.05. The monoisotopic (exact) mass is 275 g/mol. The highest BCUT2D eigenvalue weighted by atomic mass is 79.9. The van der Waals surface area contributed by atoms with Crippen molar-refractivity contribution in [3.63, 3.8) is 0 Å². The average Bonchev–Trinajstić information content (AvgIpc) is 2.14. The van der Waals surface area contributed by atoms with Gasteiger partial charge < -0.3 is 5.32 Å². The molecule has 0 fully saturated rings. The van der Waals surface area contributed by atoms with Crippen molar-refractivity contribution >= 4 is 33.3 Å². The zero-order valence-electron chi connectivity index (χ0n) is 7.85. The van der Waals surface area contributed by atoms with E-state index in [4.69, 9.17) is 11.6 Å². The molecule has 3 nitrogen and oxygen atoms in total. The number of nitrogens with zero attached hydrogens (tertiary/aromatic N) is 2. The number of aryl methyl sites for hydroxylation is 1. The van der Waals surface area contributed by atoms with Crippen LogP contribution >= 0.6 is 27.5 Å². The SMILES string of the molecule is C=C(Cl)CNc1cc(Br)nc(CC)n1. The normalized spacial score (nSPS) is 9.93. The van der Waals surface area contributed by atoms with Crippen LogP contribution in [-0.4, -0.2) is 16.5 Å². The summed E-state index contributed by atoms with van der Waals surface area (Å²) in [6, 6.07) is 1.80. The number of rotatable bonds is 4. The number of nitrogens with one attached hydrogen (secondary N) is 1. The Balaban J connectivity index is 2.76. The summed E-state index contributed by atoms with van der Waals surface area (Å²) in [7, 11) is 0. The van der Waals surface area contributed by atoms with E-state index >= 15 is 0 Å². The first-order valence-electron chi connectivity index (χ1n) is 4.22. The van der Waals surface area contributed by atoms with Gasteiger partial charge in [-0.2, -0.15) is 0 Å². The Labute approximate surface area is 96.7 Å². The Morgan fingerprint density at radius 3 is 2.93 bits per heavy atom. The fourth-order valence-corrected chi connectivity index (χ4v) is 1.39. The molecule has 0 unspecified atom stereocenters. The molecule has 1 rings (SSSR count). The minimum absolute atomic E-state index is 0.508. The molecule has 0 saturated heterocycles. The third-order valence-corrected chi connectivity index (χ3v) is 2.06. The van der Waals surface area contributed by atoms with E-state index in [1.807, 2.05) is 6.92 Å². The molecule has 14 heavy (non-hydrogen) atoms. The summed E-state index contributed by atoms with van der Waals surface area (Å²) >= 11 is 8.94. The fourth-order valence-electron chi connectivity index (χ4n) is 0.900. The van der Waals surface area contributed by atoms with Gasteiger partial charge in [0.1, 0.15) is 16.2 Å². The van der Waals surface area contributed by atoms with Gasteiger partial charge in [0.05, 0.1) is 6.54 Å². The van der Waals surface area contributed by atoms with E-state index in [1.165, 1.54) is 0 Å². The molecule has 0 bridgehead atoms. The van der Waals surface area contributed by atoms with E-state index in [1.54, 1.807) is 6.07 Å². The molecule has 0 aliphatic heterocycles. The highest BCUT2D eigenvalue weighted by molar-refractivity contribution is 9.10. The van der Waals surface area contributed by atoms with E-state index < -0.39 is 0 Å². The highest BCUT2D eigenvalue weighted by Crippen LogP contribution is 2.13. The molecule has 1 aromatic rings. The lowest BCUT2D eigenvalue weighted by Gasteiger charge is -2.05. The van der Waals surface area contributed by atoms with Gasteiger partial charge in [-0.15, -0.1) is 0 Å². The van der Waals surface area contributed by atoms with E-state index in [0.29, 0.717) is 11.6 Å². The van der Waals surface area contributed by atoms with Crippen LogP contribution in [0.3, 0.4) is 0 Å². The maximum absolute atomic E-state index is 5.63. The molecule has 1 aromatic heterocycles. The quantitative estimate of drug-likeness (QED) is 0.859. The second kappa shape index (κ2) is 5.32. The van der Waals surface area contributed by atoms with Crippen molar-refractivity contribution in [3.8, 4) is 0 Å². The van der Waals surface area contributed by atoms with Crippen LogP contribution in [-0.2, 0) is 6.42 Å². The molecule has 0 aliphatic rings.